The van der Waals surface area contributed by atoms with Gasteiger partial charge in [0.2, 0.25) is 0 Å². The molecule has 1 atom stereocenters. The Morgan fingerprint density at radius 1 is 0.900 bits per heavy atom. The van der Waals surface area contributed by atoms with Crippen LogP contribution in [0.4, 0.5) is 5.69 Å². The number of fused-ring (bicyclic) bond motifs is 2. The van der Waals surface area contributed by atoms with Gasteiger partial charge in [0.1, 0.15) is 0 Å². The van der Waals surface area contributed by atoms with Gasteiger partial charge in [-0.15, -0.1) is 0 Å². The van der Waals surface area contributed by atoms with Crippen LogP contribution in [0.25, 0.3) is 10.8 Å². The topological polar surface area (TPSA) is 12.0 Å². The van der Waals surface area contributed by atoms with Gasteiger partial charge in [-0.3, -0.25) is 0 Å². The number of benzene rings is 3. The second-order valence-electron chi connectivity index (χ2n) is 5.31. The highest BCUT2D eigenvalue weighted by Crippen LogP contribution is 2.36. The van der Waals surface area contributed by atoms with Crippen LogP contribution < -0.4 is 5.32 Å². The molecule has 98 valence electrons. The van der Waals surface area contributed by atoms with E-state index in [1.165, 1.54) is 27.6 Å². The van der Waals surface area contributed by atoms with Gasteiger partial charge in [-0.2, -0.15) is 0 Å². The Labute approximate surface area is 123 Å². The predicted octanol–water partition coefficient (Wildman–Crippen LogP) is 5.20. The van der Waals surface area contributed by atoms with Crippen molar-refractivity contribution in [2.24, 2.45) is 0 Å². The Morgan fingerprint density at radius 2 is 1.60 bits per heavy atom. The Balaban J connectivity index is 1.72. The Morgan fingerprint density at radius 3 is 2.35 bits per heavy atom. The first kappa shape index (κ1) is 11.8. The van der Waals surface area contributed by atoms with Crippen LogP contribution in [-0.2, 0) is 6.42 Å². The number of nitrogens with one attached hydrogen (secondary N) is 1. The third-order valence-electron chi connectivity index (χ3n) is 4.00. The van der Waals surface area contributed by atoms with Gasteiger partial charge in [-0.1, -0.05) is 48.0 Å². The minimum atomic E-state index is 0.346. The molecule has 0 aromatic heterocycles. The van der Waals surface area contributed by atoms with Crippen molar-refractivity contribution in [1.29, 1.82) is 0 Å². The molecule has 1 nitrogen and oxygen atoms in total. The molecule has 0 amide bonds. The van der Waals surface area contributed by atoms with Crippen LogP contribution >= 0.6 is 11.6 Å². The summed E-state index contributed by atoms with van der Waals surface area (Å²) in [6.45, 7) is 0. The average Bonchev–Trinajstić information content (AvgIpc) is 2.88. The summed E-state index contributed by atoms with van der Waals surface area (Å²) in [6.07, 6.45) is 1.03. The van der Waals surface area contributed by atoms with E-state index in [2.05, 4.69) is 53.8 Å². The zero-order valence-electron chi connectivity index (χ0n) is 10.9. The van der Waals surface area contributed by atoms with Crippen molar-refractivity contribution in [3.8, 4) is 0 Å². The van der Waals surface area contributed by atoms with E-state index in [-0.39, 0.29) is 0 Å². The highest BCUT2D eigenvalue weighted by Gasteiger charge is 2.22. The molecule has 0 saturated carbocycles. The molecular formula is C18H14ClN. The molecule has 3 aromatic rings. The van der Waals surface area contributed by atoms with E-state index >= 15 is 0 Å². The monoisotopic (exact) mass is 279 g/mol. The molecule has 2 heteroatoms. The number of rotatable bonds is 1. The van der Waals surface area contributed by atoms with Gasteiger partial charge in [-0.25, -0.2) is 0 Å². The molecule has 1 aliphatic rings. The molecule has 1 aliphatic heterocycles. The van der Waals surface area contributed by atoms with Crippen LogP contribution in [0.15, 0.2) is 60.7 Å². The molecule has 3 aromatic carbocycles. The van der Waals surface area contributed by atoms with Gasteiger partial charge in [0.05, 0.1) is 6.04 Å². The van der Waals surface area contributed by atoms with E-state index in [0.29, 0.717) is 6.04 Å². The lowest BCUT2D eigenvalue weighted by molar-refractivity contribution is 0.824. The van der Waals surface area contributed by atoms with E-state index in [1.54, 1.807) is 0 Å². The lowest BCUT2D eigenvalue weighted by Crippen LogP contribution is -2.05. The Bertz CT molecular complexity index is 733. The van der Waals surface area contributed by atoms with E-state index in [9.17, 15) is 0 Å². The maximum absolute atomic E-state index is 5.96. The minimum absolute atomic E-state index is 0.346. The third-order valence-corrected chi connectivity index (χ3v) is 4.25. The molecule has 0 aliphatic carbocycles. The summed E-state index contributed by atoms with van der Waals surface area (Å²) < 4.78 is 0. The van der Waals surface area contributed by atoms with E-state index < -0.39 is 0 Å². The Hall–Kier alpha value is -1.99. The molecule has 0 fully saturated rings. The molecular weight excluding hydrogens is 266 g/mol. The van der Waals surface area contributed by atoms with Crippen molar-refractivity contribution in [3.05, 3.63) is 76.8 Å². The van der Waals surface area contributed by atoms with Crippen LogP contribution in [0.2, 0.25) is 5.02 Å². The number of halogens is 1. The first-order valence-electron chi connectivity index (χ1n) is 6.83. The molecule has 0 spiro atoms. The second-order valence-corrected chi connectivity index (χ2v) is 5.75. The van der Waals surface area contributed by atoms with Crippen LogP contribution in [0, 0.1) is 0 Å². The molecule has 0 saturated heterocycles. The molecule has 1 unspecified atom stereocenters. The second kappa shape index (κ2) is 4.53. The highest BCUT2D eigenvalue weighted by molar-refractivity contribution is 6.30. The fourth-order valence-corrected chi connectivity index (χ4v) is 3.07. The van der Waals surface area contributed by atoms with E-state index in [0.717, 1.165) is 11.4 Å². The van der Waals surface area contributed by atoms with Crippen LogP contribution in [0.5, 0.6) is 0 Å². The summed E-state index contributed by atoms with van der Waals surface area (Å²) in [7, 11) is 0. The number of hydrogen-bond acceptors (Lipinski definition) is 1. The van der Waals surface area contributed by atoms with Crippen molar-refractivity contribution in [3.63, 3.8) is 0 Å². The smallest absolute Gasteiger partial charge is 0.0555 e. The van der Waals surface area contributed by atoms with Crippen molar-refractivity contribution < 1.29 is 0 Å². The van der Waals surface area contributed by atoms with Crippen LogP contribution in [0.3, 0.4) is 0 Å². The zero-order valence-corrected chi connectivity index (χ0v) is 11.7. The maximum atomic E-state index is 5.96. The van der Waals surface area contributed by atoms with Gasteiger partial charge in [-0.05, 0) is 52.6 Å². The molecule has 20 heavy (non-hydrogen) atoms. The summed E-state index contributed by atoms with van der Waals surface area (Å²) in [5, 5.41) is 7.00. The summed E-state index contributed by atoms with van der Waals surface area (Å²) in [6, 6.07) is 21.5. The lowest BCUT2D eigenvalue weighted by Gasteiger charge is -2.11. The first-order chi connectivity index (χ1) is 9.79. The summed E-state index contributed by atoms with van der Waals surface area (Å²) in [5.41, 5.74) is 3.93. The van der Waals surface area contributed by atoms with Gasteiger partial charge >= 0.3 is 0 Å². The lowest BCUT2D eigenvalue weighted by atomic mass is 10.0. The van der Waals surface area contributed by atoms with E-state index in [1.807, 2.05) is 12.1 Å². The number of hydrogen-bond donors (Lipinski definition) is 1. The quantitative estimate of drug-likeness (QED) is 0.645. The van der Waals surface area contributed by atoms with E-state index in [4.69, 9.17) is 11.6 Å². The molecule has 0 bridgehead atoms. The van der Waals surface area contributed by atoms with Crippen LogP contribution in [-0.4, -0.2) is 0 Å². The van der Waals surface area contributed by atoms with Gasteiger partial charge < -0.3 is 5.32 Å². The molecule has 0 radical (unpaired) electrons. The zero-order chi connectivity index (χ0) is 13.5. The molecule has 4 rings (SSSR count). The average molecular weight is 280 g/mol. The predicted molar refractivity (Wildman–Crippen MR) is 85.5 cm³/mol. The summed E-state index contributed by atoms with van der Waals surface area (Å²) >= 11 is 5.96. The van der Waals surface area contributed by atoms with Crippen molar-refractivity contribution in [1.82, 2.24) is 0 Å². The largest absolute Gasteiger partial charge is 0.378 e. The number of anilines is 1. The third kappa shape index (κ3) is 1.95. The van der Waals surface area contributed by atoms with Crippen molar-refractivity contribution in [2.45, 2.75) is 12.5 Å². The van der Waals surface area contributed by atoms with Gasteiger partial charge in [0.15, 0.2) is 0 Å². The maximum Gasteiger partial charge on any atom is 0.0555 e. The summed E-state index contributed by atoms with van der Waals surface area (Å²) in [5.74, 6) is 0. The first-order valence-corrected chi connectivity index (χ1v) is 7.21. The fourth-order valence-electron chi connectivity index (χ4n) is 2.95. The SMILES string of the molecule is Clc1ccc(C2Cc3cc4ccccc4cc3N2)cc1. The highest BCUT2D eigenvalue weighted by atomic mass is 35.5. The minimum Gasteiger partial charge on any atom is -0.378 e. The van der Waals surface area contributed by atoms with Crippen molar-refractivity contribution in [2.75, 3.05) is 5.32 Å². The standard InChI is InChI=1S/C18H14ClN/c19-16-7-5-12(6-8-16)17-11-15-9-13-3-1-2-4-14(13)10-18(15)20-17/h1-10,17,20H,11H2. The molecule has 1 heterocycles. The van der Waals surface area contributed by atoms with Crippen LogP contribution in [0.1, 0.15) is 17.2 Å². The normalized spacial score (nSPS) is 16.9. The Kier molecular flexibility index (Phi) is 2.68. The van der Waals surface area contributed by atoms with Gasteiger partial charge in [0.25, 0.3) is 0 Å². The van der Waals surface area contributed by atoms with Crippen molar-refractivity contribution >= 4 is 28.1 Å². The fraction of sp³-hybridized carbons (Fsp3) is 0.111. The molecule has 1 N–H and O–H groups in total. The summed E-state index contributed by atoms with van der Waals surface area (Å²) in [4.78, 5) is 0. The van der Waals surface area contributed by atoms with Gasteiger partial charge in [0, 0.05) is 10.7 Å².